The molecule has 0 radical (unpaired) electrons. The molecule has 0 aliphatic carbocycles. The second-order valence-electron chi connectivity index (χ2n) is 7.36. The molecule has 134 valence electrons. The molecule has 1 aliphatic rings. The molecule has 0 aromatic heterocycles. The van der Waals surface area contributed by atoms with E-state index in [4.69, 9.17) is 4.74 Å². The lowest BCUT2D eigenvalue weighted by molar-refractivity contribution is -0.156. The van der Waals surface area contributed by atoms with E-state index in [1.54, 1.807) is 6.08 Å². The van der Waals surface area contributed by atoms with Crippen LogP contribution in [0.5, 0.6) is 0 Å². The van der Waals surface area contributed by atoms with Crippen LogP contribution < -0.4 is 5.32 Å². The Kier molecular flexibility index (Phi) is 10.3. The van der Waals surface area contributed by atoms with Gasteiger partial charge in [0, 0.05) is 12.0 Å². The predicted molar refractivity (Wildman–Crippen MR) is 97.5 cm³/mol. The highest BCUT2D eigenvalue weighted by atomic mass is 16.6. The van der Waals surface area contributed by atoms with Crippen molar-refractivity contribution in [3.63, 3.8) is 0 Å². The minimum Gasteiger partial charge on any atom is -0.456 e. The molecule has 0 atom stereocenters. The molecule has 0 saturated carbocycles. The van der Waals surface area contributed by atoms with Gasteiger partial charge in [0.05, 0.1) is 0 Å². The van der Waals surface area contributed by atoms with Crippen molar-refractivity contribution in [3.05, 3.63) is 12.2 Å². The summed E-state index contributed by atoms with van der Waals surface area (Å²) in [6.45, 7) is 8.39. The Morgan fingerprint density at radius 1 is 1.09 bits per heavy atom. The first-order chi connectivity index (χ1) is 11.1. The minimum atomic E-state index is -0.358. The van der Waals surface area contributed by atoms with Gasteiger partial charge >= 0.3 is 5.97 Å². The number of rotatable bonds is 11. The third kappa shape index (κ3) is 9.14. The lowest BCUT2D eigenvalue weighted by Gasteiger charge is -2.36. The highest BCUT2D eigenvalue weighted by molar-refractivity contribution is 5.82. The van der Waals surface area contributed by atoms with Crippen LogP contribution in [0.4, 0.5) is 0 Å². The first kappa shape index (κ1) is 20.2. The summed E-state index contributed by atoms with van der Waals surface area (Å²) in [6, 6.07) is 0. The van der Waals surface area contributed by atoms with E-state index in [0.717, 1.165) is 32.4 Å². The fourth-order valence-corrected chi connectivity index (χ4v) is 3.29. The van der Waals surface area contributed by atoms with E-state index in [0.29, 0.717) is 5.92 Å². The largest absolute Gasteiger partial charge is 0.456 e. The third-order valence-electron chi connectivity index (χ3n) is 4.91. The highest BCUT2D eigenvalue weighted by Crippen LogP contribution is 2.29. The lowest BCUT2D eigenvalue weighted by atomic mass is 9.83. The van der Waals surface area contributed by atoms with E-state index in [9.17, 15) is 4.79 Å². The Morgan fingerprint density at radius 2 is 1.70 bits per heavy atom. The van der Waals surface area contributed by atoms with Crippen molar-refractivity contribution < 1.29 is 9.53 Å². The Balaban J connectivity index is 2.12. The van der Waals surface area contributed by atoms with Crippen LogP contribution in [-0.2, 0) is 9.53 Å². The van der Waals surface area contributed by atoms with Gasteiger partial charge in [0.2, 0.25) is 0 Å². The van der Waals surface area contributed by atoms with Gasteiger partial charge in [0.15, 0.2) is 0 Å². The Morgan fingerprint density at radius 3 is 2.35 bits per heavy atom. The molecule has 0 spiro atoms. The van der Waals surface area contributed by atoms with Crippen molar-refractivity contribution in [2.45, 2.75) is 90.6 Å². The van der Waals surface area contributed by atoms with Crippen LogP contribution in [0, 0.1) is 5.92 Å². The molecule has 3 heteroatoms. The molecular formula is C20H37NO2. The van der Waals surface area contributed by atoms with Gasteiger partial charge in [-0.25, -0.2) is 4.79 Å². The fourth-order valence-electron chi connectivity index (χ4n) is 3.29. The second kappa shape index (κ2) is 11.7. The van der Waals surface area contributed by atoms with Gasteiger partial charge in [-0.05, 0) is 52.6 Å². The summed E-state index contributed by atoms with van der Waals surface area (Å²) in [5.74, 6) is 0.278. The quantitative estimate of drug-likeness (QED) is 0.330. The van der Waals surface area contributed by atoms with Gasteiger partial charge in [0.1, 0.15) is 5.60 Å². The maximum absolute atomic E-state index is 12.0. The summed E-state index contributed by atoms with van der Waals surface area (Å²) >= 11 is 0. The SMILES string of the molecule is CCCCCCCCC/C=C/C(=O)OC(C)(C)C1CCNCC1. The van der Waals surface area contributed by atoms with E-state index in [1.165, 1.54) is 44.9 Å². The average Bonchev–Trinajstić information content (AvgIpc) is 2.54. The fraction of sp³-hybridized carbons (Fsp3) is 0.850. The van der Waals surface area contributed by atoms with Gasteiger partial charge < -0.3 is 10.1 Å². The van der Waals surface area contributed by atoms with Crippen molar-refractivity contribution in [1.82, 2.24) is 5.32 Å². The molecule has 23 heavy (non-hydrogen) atoms. The molecule has 1 N–H and O–H groups in total. The lowest BCUT2D eigenvalue weighted by Crippen LogP contribution is -2.42. The maximum atomic E-state index is 12.0. The van der Waals surface area contributed by atoms with E-state index >= 15 is 0 Å². The predicted octanol–water partition coefficient (Wildman–Crippen LogP) is 5.00. The Hall–Kier alpha value is -0.830. The smallest absolute Gasteiger partial charge is 0.330 e. The summed E-state index contributed by atoms with van der Waals surface area (Å²) in [6.07, 6.45) is 15.9. The van der Waals surface area contributed by atoms with Crippen LogP contribution in [0.15, 0.2) is 12.2 Å². The molecule has 0 bridgehead atoms. The summed E-state index contributed by atoms with van der Waals surface area (Å²) < 4.78 is 5.70. The average molecular weight is 324 g/mol. The van der Waals surface area contributed by atoms with Crippen LogP contribution >= 0.6 is 0 Å². The Labute approximate surface area is 143 Å². The standard InChI is InChI=1S/C20H37NO2/c1-4-5-6-7-8-9-10-11-12-13-19(22)23-20(2,3)18-14-16-21-17-15-18/h12-13,18,21H,4-11,14-17H2,1-3H3/b13-12+. The number of unbranched alkanes of at least 4 members (excludes halogenated alkanes) is 7. The number of piperidine rings is 1. The molecule has 1 fully saturated rings. The van der Waals surface area contributed by atoms with E-state index < -0.39 is 0 Å². The van der Waals surface area contributed by atoms with E-state index in [1.807, 2.05) is 19.9 Å². The zero-order valence-electron chi connectivity index (χ0n) is 15.5. The molecule has 0 aromatic rings. The van der Waals surface area contributed by atoms with Crippen molar-refractivity contribution in [1.29, 1.82) is 0 Å². The number of esters is 1. The number of carbonyl (C=O) groups excluding carboxylic acids is 1. The van der Waals surface area contributed by atoms with Crippen LogP contribution in [0.25, 0.3) is 0 Å². The van der Waals surface area contributed by atoms with Gasteiger partial charge in [0.25, 0.3) is 0 Å². The van der Waals surface area contributed by atoms with Gasteiger partial charge in [-0.15, -0.1) is 0 Å². The molecule has 1 rings (SSSR count). The normalized spacial score (nSPS) is 16.8. The van der Waals surface area contributed by atoms with Gasteiger partial charge in [-0.3, -0.25) is 0 Å². The number of carbonyl (C=O) groups is 1. The highest BCUT2D eigenvalue weighted by Gasteiger charge is 2.33. The monoisotopic (exact) mass is 323 g/mol. The second-order valence-corrected chi connectivity index (χ2v) is 7.36. The van der Waals surface area contributed by atoms with Gasteiger partial charge in [-0.2, -0.15) is 0 Å². The van der Waals surface area contributed by atoms with Crippen LogP contribution in [-0.4, -0.2) is 24.7 Å². The topological polar surface area (TPSA) is 38.3 Å². The Bertz CT molecular complexity index is 344. The van der Waals surface area contributed by atoms with Crippen LogP contribution in [0.3, 0.4) is 0 Å². The van der Waals surface area contributed by atoms with Crippen molar-refractivity contribution in [2.75, 3.05) is 13.1 Å². The first-order valence-corrected chi connectivity index (χ1v) is 9.66. The summed E-state index contributed by atoms with van der Waals surface area (Å²) in [5.41, 5.74) is -0.358. The first-order valence-electron chi connectivity index (χ1n) is 9.66. The number of nitrogens with one attached hydrogen (secondary N) is 1. The number of hydrogen-bond donors (Lipinski definition) is 1. The van der Waals surface area contributed by atoms with Gasteiger partial charge in [-0.1, -0.05) is 51.5 Å². The zero-order valence-corrected chi connectivity index (χ0v) is 15.5. The minimum absolute atomic E-state index is 0.184. The van der Waals surface area contributed by atoms with Crippen molar-refractivity contribution >= 4 is 5.97 Å². The number of allylic oxidation sites excluding steroid dienone is 1. The molecular weight excluding hydrogens is 286 g/mol. The summed E-state index contributed by atoms with van der Waals surface area (Å²) in [5, 5.41) is 3.36. The number of hydrogen-bond acceptors (Lipinski definition) is 3. The molecule has 0 amide bonds. The molecule has 3 nitrogen and oxygen atoms in total. The molecule has 1 saturated heterocycles. The van der Waals surface area contributed by atoms with Crippen LogP contribution in [0.1, 0.15) is 85.0 Å². The van der Waals surface area contributed by atoms with Crippen molar-refractivity contribution in [2.24, 2.45) is 5.92 Å². The van der Waals surface area contributed by atoms with Crippen molar-refractivity contribution in [3.8, 4) is 0 Å². The third-order valence-corrected chi connectivity index (χ3v) is 4.91. The van der Waals surface area contributed by atoms with Crippen LogP contribution in [0.2, 0.25) is 0 Å². The summed E-state index contributed by atoms with van der Waals surface area (Å²) in [7, 11) is 0. The maximum Gasteiger partial charge on any atom is 0.330 e. The number of ether oxygens (including phenoxy) is 1. The molecule has 1 heterocycles. The molecule has 1 aliphatic heterocycles. The molecule has 0 aromatic carbocycles. The zero-order chi connectivity index (χ0) is 17.0. The van der Waals surface area contributed by atoms with E-state index in [-0.39, 0.29) is 11.6 Å². The van der Waals surface area contributed by atoms with E-state index in [2.05, 4.69) is 12.2 Å². The summed E-state index contributed by atoms with van der Waals surface area (Å²) in [4.78, 5) is 12.0. The molecule has 0 unspecified atom stereocenters.